The highest BCUT2D eigenvalue weighted by Gasteiger charge is 2.25. The van der Waals surface area contributed by atoms with Crippen LogP contribution in [0.1, 0.15) is 38.7 Å². The van der Waals surface area contributed by atoms with Gasteiger partial charge in [0.15, 0.2) is 0 Å². The molecular weight excluding hydrogens is 261 g/mol. The largest absolute Gasteiger partial charge is 0.389 e. The Morgan fingerprint density at radius 3 is 2.58 bits per heavy atom. The first kappa shape index (κ1) is 14.2. The molecule has 1 aromatic carbocycles. The highest BCUT2D eigenvalue weighted by molar-refractivity contribution is 7.80. The van der Waals surface area contributed by atoms with E-state index >= 15 is 0 Å². The topological polar surface area (TPSA) is 41.3 Å². The number of anilines is 1. The Kier molecular flexibility index (Phi) is 4.37. The van der Waals surface area contributed by atoms with E-state index in [9.17, 15) is 4.39 Å². The molecule has 0 radical (unpaired) electrons. The molecule has 0 aliphatic carbocycles. The van der Waals surface area contributed by atoms with Crippen LogP contribution in [0, 0.1) is 5.82 Å². The lowest BCUT2D eigenvalue weighted by Crippen LogP contribution is -2.47. The molecule has 1 saturated heterocycles. The summed E-state index contributed by atoms with van der Waals surface area (Å²) in [6.07, 6.45) is 3.55. The molecule has 1 heterocycles. The van der Waals surface area contributed by atoms with Crippen LogP contribution in [-0.2, 0) is 0 Å². The van der Waals surface area contributed by atoms with Crippen LogP contribution in [0.2, 0.25) is 0 Å². The minimum absolute atomic E-state index is 0.208. The molecule has 5 heteroatoms. The minimum atomic E-state index is -0.326. The SMILES string of the molecule is CC1CCCC(C)N1Nc1ccc(F)cc1C(N)=S. The van der Waals surface area contributed by atoms with Crippen LogP contribution in [0.3, 0.4) is 0 Å². The quantitative estimate of drug-likeness (QED) is 0.836. The Bertz CT molecular complexity index is 468. The number of nitrogens with one attached hydrogen (secondary N) is 1. The predicted molar refractivity (Wildman–Crippen MR) is 80.5 cm³/mol. The number of benzene rings is 1. The number of halogens is 1. The van der Waals surface area contributed by atoms with E-state index in [1.165, 1.54) is 18.6 Å². The molecule has 0 spiro atoms. The number of rotatable bonds is 3. The van der Waals surface area contributed by atoms with Gasteiger partial charge in [-0.2, -0.15) is 0 Å². The van der Waals surface area contributed by atoms with Crippen molar-refractivity contribution in [3.8, 4) is 0 Å². The van der Waals surface area contributed by atoms with Gasteiger partial charge in [-0.25, -0.2) is 9.40 Å². The Labute approximate surface area is 118 Å². The molecule has 104 valence electrons. The normalized spacial score (nSPS) is 24.2. The lowest BCUT2D eigenvalue weighted by atomic mass is 10.00. The van der Waals surface area contributed by atoms with Crippen LogP contribution in [0.5, 0.6) is 0 Å². The molecule has 1 aromatic rings. The molecule has 1 fully saturated rings. The van der Waals surface area contributed by atoms with Crippen LogP contribution in [-0.4, -0.2) is 22.1 Å². The summed E-state index contributed by atoms with van der Waals surface area (Å²) < 4.78 is 13.3. The zero-order chi connectivity index (χ0) is 14.0. The van der Waals surface area contributed by atoms with Gasteiger partial charge in [-0.3, -0.25) is 0 Å². The molecule has 0 saturated carbocycles. The second kappa shape index (κ2) is 5.84. The van der Waals surface area contributed by atoms with Gasteiger partial charge >= 0.3 is 0 Å². The number of hydrogen-bond donors (Lipinski definition) is 2. The fraction of sp³-hybridized carbons (Fsp3) is 0.500. The molecule has 0 aromatic heterocycles. The second-order valence-corrected chi connectivity index (χ2v) is 5.64. The van der Waals surface area contributed by atoms with Gasteiger partial charge in [-0.05, 0) is 44.9 Å². The van der Waals surface area contributed by atoms with Crippen molar-refractivity contribution in [2.24, 2.45) is 5.73 Å². The summed E-state index contributed by atoms with van der Waals surface area (Å²) in [6, 6.07) is 5.37. The van der Waals surface area contributed by atoms with Crippen molar-refractivity contribution in [3.63, 3.8) is 0 Å². The third-order valence-corrected chi connectivity index (χ3v) is 3.91. The summed E-state index contributed by atoms with van der Waals surface area (Å²) in [5.74, 6) is -0.326. The standard InChI is InChI=1S/C14H20FN3S/c1-9-4-3-5-10(2)18(9)17-13-7-6-11(15)8-12(13)14(16)19/h6-10,17H,3-5H2,1-2H3,(H2,16,19). The van der Waals surface area contributed by atoms with Crippen LogP contribution >= 0.6 is 12.2 Å². The molecule has 1 aliphatic heterocycles. The van der Waals surface area contributed by atoms with Gasteiger partial charge in [0.05, 0.1) is 5.69 Å². The zero-order valence-corrected chi connectivity index (χ0v) is 12.1. The highest BCUT2D eigenvalue weighted by Crippen LogP contribution is 2.25. The smallest absolute Gasteiger partial charge is 0.124 e. The van der Waals surface area contributed by atoms with Crippen molar-refractivity contribution in [2.75, 3.05) is 5.43 Å². The van der Waals surface area contributed by atoms with E-state index in [0.717, 1.165) is 18.5 Å². The summed E-state index contributed by atoms with van der Waals surface area (Å²) >= 11 is 4.99. The summed E-state index contributed by atoms with van der Waals surface area (Å²) in [5.41, 5.74) is 10.3. The number of nitrogens with zero attached hydrogens (tertiary/aromatic N) is 1. The molecule has 0 amide bonds. The predicted octanol–water partition coefficient (Wildman–Crippen LogP) is 3.05. The van der Waals surface area contributed by atoms with Crippen molar-refractivity contribution < 1.29 is 4.39 Å². The summed E-state index contributed by atoms with van der Waals surface area (Å²) in [7, 11) is 0. The summed E-state index contributed by atoms with van der Waals surface area (Å²) in [6.45, 7) is 4.37. The lowest BCUT2D eigenvalue weighted by molar-refractivity contribution is 0.135. The number of nitrogens with two attached hydrogens (primary N) is 1. The maximum Gasteiger partial charge on any atom is 0.124 e. The molecule has 2 unspecified atom stereocenters. The van der Waals surface area contributed by atoms with E-state index in [1.54, 1.807) is 6.07 Å². The number of hydrogen-bond acceptors (Lipinski definition) is 3. The van der Waals surface area contributed by atoms with E-state index in [4.69, 9.17) is 18.0 Å². The minimum Gasteiger partial charge on any atom is -0.389 e. The monoisotopic (exact) mass is 281 g/mol. The van der Waals surface area contributed by atoms with Crippen LogP contribution in [0.15, 0.2) is 18.2 Å². The highest BCUT2D eigenvalue weighted by atomic mass is 32.1. The average molecular weight is 281 g/mol. The van der Waals surface area contributed by atoms with Crippen LogP contribution < -0.4 is 11.2 Å². The van der Waals surface area contributed by atoms with Crippen molar-refractivity contribution in [1.29, 1.82) is 0 Å². The Morgan fingerprint density at radius 2 is 2.00 bits per heavy atom. The van der Waals surface area contributed by atoms with Crippen molar-refractivity contribution in [2.45, 2.75) is 45.2 Å². The van der Waals surface area contributed by atoms with Crippen molar-refractivity contribution >= 4 is 22.9 Å². The molecule has 3 N–H and O–H groups in total. The fourth-order valence-electron chi connectivity index (χ4n) is 2.60. The molecular formula is C14H20FN3S. The number of thiocarbonyl (C=S) groups is 1. The van der Waals surface area contributed by atoms with Crippen molar-refractivity contribution in [3.05, 3.63) is 29.6 Å². The van der Waals surface area contributed by atoms with Crippen molar-refractivity contribution in [1.82, 2.24) is 5.01 Å². The van der Waals surface area contributed by atoms with Gasteiger partial charge < -0.3 is 11.2 Å². The van der Waals surface area contributed by atoms with E-state index in [2.05, 4.69) is 24.3 Å². The molecule has 3 nitrogen and oxygen atoms in total. The van der Waals surface area contributed by atoms with Gasteiger partial charge in [0.25, 0.3) is 0 Å². The summed E-state index contributed by atoms with van der Waals surface area (Å²) in [5, 5.41) is 2.21. The molecule has 0 bridgehead atoms. The zero-order valence-electron chi connectivity index (χ0n) is 11.3. The fourth-order valence-corrected chi connectivity index (χ4v) is 2.77. The maximum absolute atomic E-state index is 13.3. The third-order valence-electron chi connectivity index (χ3n) is 3.69. The van der Waals surface area contributed by atoms with Gasteiger partial charge in [-0.1, -0.05) is 18.6 Å². The number of hydrazine groups is 1. The van der Waals surface area contributed by atoms with E-state index in [-0.39, 0.29) is 10.8 Å². The maximum atomic E-state index is 13.3. The Morgan fingerprint density at radius 1 is 1.37 bits per heavy atom. The Hall–Kier alpha value is -1.20. The van der Waals surface area contributed by atoms with E-state index in [0.29, 0.717) is 17.6 Å². The first-order chi connectivity index (χ1) is 8.99. The van der Waals surface area contributed by atoms with E-state index < -0.39 is 0 Å². The van der Waals surface area contributed by atoms with Gasteiger partial charge in [0.2, 0.25) is 0 Å². The lowest BCUT2D eigenvalue weighted by Gasteiger charge is -2.39. The van der Waals surface area contributed by atoms with Gasteiger partial charge in [0.1, 0.15) is 10.8 Å². The van der Waals surface area contributed by atoms with Gasteiger partial charge in [0, 0.05) is 17.6 Å². The molecule has 2 atom stereocenters. The van der Waals surface area contributed by atoms with Crippen LogP contribution in [0.4, 0.5) is 10.1 Å². The second-order valence-electron chi connectivity index (χ2n) is 5.20. The van der Waals surface area contributed by atoms with E-state index in [1.807, 2.05) is 0 Å². The average Bonchev–Trinajstić information content (AvgIpc) is 2.35. The van der Waals surface area contributed by atoms with Crippen LogP contribution in [0.25, 0.3) is 0 Å². The number of piperidine rings is 1. The van der Waals surface area contributed by atoms with Gasteiger partial charge in [-0.15, -0.1) is 0 Å². The molecule has 19 heavy (non-hydrogen) atoms. The third kappa shape index (κ3) is 3.22. The summed E-state index contributed by atoms with van der Waals surface area (Å²) in [4.78, 5) is 0.208. The molecule has 2 rings (SSSR count). The Balaban J connectivity index is 2.24. The molecule has 1 aliphatic rings. The first-order valence-electron chi connectivity index (χ1n) is 6.63. The first-order valence-corrected chi connectivity index (χ1v) is 7.04.